The van der Waals surface area contributed by atoms with E-state index in [9.17, 15) is 0 Å². The molecule has 64 valence electrons. The Morgan fingerprint density at radius 1 is 1.42 bits per heavy atom. The van der Waals surface area contributed by atoms with E-state index >= 15 is 0 Å². The van der Waals surface area contributed by atoms with Crippen molar-refractivity contribution in [1.82, 2.24) is 0 Å². The lowest BCUT2D eigenvalue weighted by atomic mass is 10.3. The highest BCUT2D eigenvalue weighted by Gasteiger charge is 2.05. The summed E-state index contributed by atoms with van der Waals surface area (Å²) in [5.74, 6) is 5.62. The van der Waals surface area contributed by atoms with Crippen LogP contribution in [0, 0.1) is 0 Å². The van der Waals surface area contributed by atoms with E-state index in [2.05, 4.69) is 0 Å². The lowest BCUT2D eigenvalue weighted by Crippen LogP contribution is -2.36. The van der Waals surface area contributed by atoms with Gasteiger partial charge in [-0.05, 0) is 24.4 Å². The molecule has 12 heavy (non-hydrogen) atoms. The first-order valence-corrected chi connectivity index (χ1v) is 3.84. The minimum atomic E-state index is 0.251. The van der Waals surface area contributed by atoms with Gasteiger partial charge in [0.2, 0.25) is 0 Å². The number of methoxy groups -OCH3 is 1. The van der Waals surface area contributed by atoms with E-state index in [4.69, 9.17) is 22.8 Å². The van der Waals surface area contributed by atoms with Crippen molar-refractivity contribution < 1.29 is 4.74 Å². The zero-order valence-corrected chi connectivity index (χ0v) is 7.54. The molecule has 2 N–H and O–H groups in total. The molecular formula is C8H10N2OS. The molecular weight excluding hydrogens is 172 g/mol. The largest absolute Gasteiger partial charge is 0.473 e. The Labute approximate surface area is 76.7 Å². The second-order valence-corrected chi connectivity index (χ2v) is 2.52. The van der Waals surface area contributed by atoms with E-state index in [0.717, 1.165) is 5.69 Å². The molecule has 0 aromatic heterocycles. The van der Waals surface area contributed by atoms with Crippen molar-refractivity contribution in [2.75, 3.05) is 12.1 Å². The van der Waals surface area contributed by atoms with E-state index in [-0.39, 0.29) is 5.17 Å². The van der Waals surface area contributed by atoms with E-state index < -0.39 is 0 Å². The van der Waals surface area contributed by atoms with Gasteiger partial charge in [0, 0.05) is 0 Å². The van der Waals surface area contributed by atoms with Gasteiger partial charge < -0.3 is 4.74 Å². The molecule has 0 amide bonds. The van der Waals surface area contributed by atoms with Crippen LogP contribution in [-0.2, 0) is 4.74 Å². The van der Waals surface area contributed by atoms with Crippen LogP contribution in [0.2, 0.25) is 0 Å². The van der Waals surface area contributed by atoms with Gasteiger partial charge in [0.05, 0.1) is 12.8 Å². The van der Waals surface area contributed by atoms with Crippen molar-refractivity contribution in [1.29, 1.82) is 0 Å². The van der Waals surface area contributed by atoms with Gasteiger partial charge in [-0.1, -0.05) is 18.2 Å². The van der Waals surface area contributed by atoms with Gasteiger partial charge in [0.15, 0.2) is 0 Å². The van der Waals surface area contributed by atoms with E-state index in [1.807, 2.05) is 30.3 Å². The molecule has 1 aromatic rings. The second-order valence-electron chi connectivity index (χ2n) is 2.18. The first kappa shape index (κ1) is 8.96. The molecule has 1 aromatic carbocycles. The standard InChI is InChI=1S/C8H10N2OS/c1-11-8(12)10(9)7-5-3-2-4-6-7/h2-6H,9H2,1H3. The van der Waals surface area contributed by atoms with Gasteiger partial charge in [-0.3, -0.25) is 0 Å². The average Bonchev–Trinajstić information content (AvgIpc) is 2.17. The molecule has 0 radical (unpaired) electrons. The predicted octanol–water partition coefficient (Wildman–Crippen LogP) is 1.30. The molecule has 0 spiro atoms. The number of para-hydroxylation sites is 1. The Balaban J connectivity index is 2.78. The summed E-state index contributed by atoms with van der Waals surface area (Å²) in [7, 11) is 1.49. The molecule has 0 aliphatic carbocycles. The minimum Gasteiger partial charge on any atom is -0.473 e. The number of anilines is 1. The number of benzene rings is 1. The maximum absolute atomic E-state index is 5.62. The normalized spacial score (nSPS) is 9.17. The summed E-state index contributed by atoms with van der Waals surface area (Å²) in [6.07, 6.45) is 0. The van der Waals surface area contributed by atoms with Crippen LogP contribution in [0.5, 0.6) is 0 Å². The Morgan fingerprint density at radius 2 is 2.00 bits per heavy atom. The average molecular weight is 182 g/mol. The summed E-state index contributed by atoms with van der Waals surface area (Å²) in [6, 6.07) is 9.38. The molecule has 0 aliphatic rings. The number of ether oxygens (including phenoxy) is 1. The van der Waals surface area contributed by atoms with Crippen molar-refractivity contribution in [3.05, 3.63) is 30.3 Å². The quantitative estimate of drug-likeness (QED) is 0.403. The SMILES string of the molecule is COC(=S)N(N)c1ccccc1. The molecule has 0 atom stereocenters. The molecule has 0 saturated carbocycles. The van der Waals surface area contributed by atoms with Crippen LogP contribution in [-0.4, -0.2) is 12.3 Å². The highest BCUT2D eigenvalue weighted by molar-refractivity contribution is 7.80. The molecule has 0 aliphatic heterocycles. The smallest absolute Gasteiger partial charge is 0.278 e. The van der Waals surface area contributed by atoms with Crippen LogP contribution in [0.3, 0.4) is 0 Å². The Morgan fingerprint density at radius 3 is 2.50 bits per heavy atom. The van der Waals surface area contributed by atoms with E-state index in [1.54, 1.807) is 0 Å². The summed E-state index contributed by atoms with van der Waals surface area (Å²) < 4.78 is 4.80. The highest BCUT2D eigenvalue weighted by atomic mass is 32.1. The first-order chi connectivity index (χ1) is 5.75. The zero-order valence-electron chi connectivity index (χ0n) is 6.73. The third-order valence-electron chi connectivity index (χ3n) is 1.41. The van der Waals surface area contributed by atoms with Gasteiger partial charge in [0.1, 0.15) is 0 Å². The van der Waals surface area contributed by atoms with Gasteiger partial charge in [-0.15, -0.1) is 0 Å². The van der Waals surface area contributed by atoms with E-state index in [0.29, 0.717) is 0 Å². The number of rotatable bonds is 1. The monoisotopic (exact) mass is 182 g/mol. The molecule has 0 heterocycles. The minimum absolute atomic E-state index is 0.251. The summed E-state index contributed by atoms with van der Waals surface area (Å²) in [6.45, 7) is 0. The summed E-state index contributed by atoms with van der Waals surface area (Å²) in [4.78, 5) is 0. The number of nitrogens with zero attached hydrogens (tertiary/aromatic N) is 1. The summed E-state index contributed by atoms with van der Waals surface area (Å²) in [5.41, 5.74) is 0.810. The lowest BCUT2D eigenvalue weighted by Gasteiger charge is -2.16. The lowest BCUT2D eigenvalue weighted by molar-refractivity contribution is 0.403. The van der Waals surface area contributed by atoms with Crippen molar-refractivity contribution in [3.63, 3.8) is 0 Å². The first-order valence-electron chi connectivity index (χ1n) is 3.43. The van der Waals surface area contributed by atoms with Crippen LogP contribution in [0.1, 0.15) is 0 Å². The van der Waals surface area contributed by atoms with Crippen molar-refractivity contribution in [2.24, 2.45) is 5.84 Å². The van der Waals surface area contributed by atoms with E-state index in [1.165, 1.54) is 12.1 Å². The summed E-state index contributed by atoms with van der Waals surface area (Å²) >= 11 is 4.84. The number of hydrogen-bond acceptors (Lipinski definition) is 3. The predicted molar refractivity (Wildman–Crippen MR) is 52.7 cm³/mol. The Kier molecular flexibility index (Phi) is 3.01. The Hall–Kier alpha value is -1.13. The number of thiocarbonyl (C=S) groups is 1. The fourth-order valence-corrected chi connectivity index (χ4v) is 0.898. The van der Waals surface area contributed by atoms with Crippen molar-refractivity contribution in [2.45, 2.75) is 0 Å². The number of nitrogens with two attached hydrogens (primary N) is 1. The van der Waals surface area contributed by atoms with Gasteiger partial charge >= 0.3 is 0 Å². The van der Waals surface area contributed by atoms with Crippen LogP contribution < -0.4 is 10.9 Å². The fourth-order valence-electron chi connectivity index (χ4n) is 0.792. The van der Waals surface area contributed by atoms with Crippen LogP contribution in [0.15, 0.2) is 30.3 Å². The second kappa shape index (κ2) is 4.04. The fraction of sp³-hybridized carbons (Fsp3) is 0.125. The van der Waals surface area contributed by atoms with Crippen LogP contribution >= 0.6 is 12.2 Å². The van der Waals surface area contributed by atoms with Gasteiger partial charge in [-0.25, -0.2) is 10.9 Å². The van der Waals surface area contributed by atoms with Crippen LogP contribution in [0.4, 0.5) is 5.69 Å². The number of hydrazine groups is 1. The Bertz CT molecular complexity index is 263. The van der Waals surface area contributed by atoms with Gasteiger partial charge in [-0.2, -0.15) is 0 Å². The molecule has 3 nitrogen and oxygen atoms in total. The van der Waals surface area contributed by atoms with Gasteiger partial charge in [0.25, 0.3) is 5.17 Å². The molecule has 0 saturated heterocycles. The molecule has 4 heteroatoms. The highest BCUT2D eigenvalue weighted by Crippen LogP contribution is 2.09. The van der Waals surface area contributed by atoms with Crippen molar-refractivity contribution >= 4 is 23.1 Å². The third kappa shape index (κ3) is 1.93. The molecule has 1 rings (SSSR count). The molecule has 0 fully saturated rings. The van der Waals surface area contributed by atoms with Crippen molar-refractivity contribution in [3.8, 4) is 0 Å². The third-order valence-corrected chi connectivity index (χ3v) is 1.77. The summed E-state index contributed by atoms with van der Waals surface area (Å²) in [5, 5.41) is 1.57. The molecule has 0 unspecified atom stereocenters. The number of hydrogen-bond donors (Lipinski definition) is 1. The topological polar surface area (TPSA) is 38.5 Å². The zero-order chi connectivity index (χ0) is 8.97. The van der Waals surface area contributed by atoms with Crippen LogP contribution in [0.25, 0.3) is 0 Å². The maximum Gasteiger partial charge on any atom is 0.278 e. The molecule has 0 bridgehead atoms. The maximum atomic E-state index is 5.62.